The number of ether oxygens (including phenoxy) is 1. The van der Waals surface area contributed by atoms with Crippen LogP contribution in [0.1, 0.15) is 19.3 Å². The van der Waals surface area contributed by atoms with Gasteiger partial charge in [0.05, 0.1) is 7.11 Å². The summed E-state index contributed by atoms with van der Waals surface area (Å²) in [5.41, 5.74) is 1.08. The molecular formula is C12H16N2O. The van der Waals surface area contributed by atoms with E-state index in [0.29, 0.717) is 0 Å². The molecule has 1 aromatic rings. The van der Waals surface area contributed by atoms with E-state index >= 15 is 0 Å². The molecule has 1 N–H and O–H groups in total. The summed E-state index contributed by atoms with van der Waals surface area (Å²) in [7, 11) is 1.67. The summed E-state index contributed by atoms with van der Waals surface area (Å²) in [5.74, 6) is 1.98. The summed E-state index contributed by atoms with van der Waals surface area (Å²) >= 11 is 0. The topological polar surface area (TPSA) is 33.6 Å². The van der Waals surface area contributed by atoms with E-state index in [2.05, 4.69) is 10.3 Å². The Morgan fingerprint density at radius 3 is 2.60 bits per heavy atom. The van der Waals surface area contributed by atoms with Crippen molar-refractivity contribution in [1.82, 2.24) is 0 Å². The molecule has 80 valence electrons. The maximum Gasteiger partial charge on any atom is 0.119 e. The van der Waals surface area contributed by atoms with E-state index in [1.807, 2.05) is 24.3 Å². The first-order valence-electron chi connectivity index (χ1n) is 5.33. The second-order valence-electron chi connectivity index (χ2n) is 3.64. The number of rotatable bonds is 2. The fourth-order valence-corrected chi connectivity index (χ4v) is 1.64. The Morgan fingerprint density at radius 1 is 1.20 bits per heavy atom. The molecule has 3 heteroatoms. The van der Waals surface area contributed by atoms with Crippen LogP contribution in [0.3, 0.4) is 0 Å². The van der Waals surface area contributed by atoms with Gasteiger partial charge in [-0.05, 0) is 37.1 Å². The van der Waals surface area contributed by atoms with Crippen molar-refractivity contribution < 1.29 is 4.74 Å². The first-order valence-corrected chi connectivity index (χ1v) is 5.33. The van der Waals surface area contributed by atoms with Gasteiger partial charge in [0.2, 0.25) is 0 Å². The molecule has 0 saturated heterocycles. The lowest BCUT2D eigenvalue weighted by Crippen LogP contribution is -2.15. The van der Waals surface area contributed by atoms with Gasteiger partial charge in [-0.3, -0.25) is 4.99 Å². The predicted molar refractivity (Wildman–Crippen MR) is 62.8 cm³/mol. The maximum absolute atomic E-state index is 5.10. The minimum Gasteiger partial charge on any atom is -0.497 e. The molecule has 0 aliphatic carbocycles. The van der Waals surface area contributed by atoms with Crippen LogP contribution in [-0.4, -0.2) is 19.5 Å². The maximum atomic E-state index is 5.10. The molecule has 0 aromatic heterocycles. The highest BCUT2D eigenvalue weighted by atomic mass is 16.5. The molecule has 3 nitrogen and oxygen atoms in total. The normalized spacial score (nSPS) is 15.7. The second-order valence-corrected chi connectivity index (χ2v) is 3.64. The Balaban J connectivity index is 2.00. The molecule has 0 fully saturated rings. The van der Waals surface area contributed by atoms with Crippen molar-refractivity contribution >= 4 is 11.5 Å². The quantitative estimate of drug-likeness (QED) is 0.803. The second kappa shape index (κ2) is 4.82. The number of nitrogens with zero attached hydrogens (tertiary/aromatic N) is 1. The average molecular weight is 204 g/mol. The number of methoxy groups -OCH3 is 1. The van der Waals surface area contributed by atoms with Gasteiger partial charge in [-0.25, -0.2) is 0 Å². The summed E-state index contributed by atoms with van der Waals surface area (Å²) in [5, 5.41) is 3.33. The molecule has 1 heterocycles. The van der Waals surface area contributed by atoms with E-state index in [0.717, 1.165) is 30.2 Å². The zero-order chi connectivity index (χ0) is 10.5. The summed E-state index contributed by atoms with van der Waals surface area (Å²) < 4.78 is 5.10. The van der Waals surface area contributed by atoms with Gasteiger partial charge in [0.15, 0.2) is 0 Å². The Hall–Kier alpha value is -1.51. The van der Waals surface area contributed by atoms with E-state index in [1.54, 1.807) is 7.11 Å². The molecule has 0 saturated carbocycles. The molecule has 1 aromatic carbocycles. The summed E-state index contributed by atoms with van der Waals surface area (Å²) in [4.78, 5) is 4.44. The molecule has 0 atom stereocenters. The van der Waals surface area contributed by atoms with Gasteiger partial charge in [0.1, 0.15) is 11.6 Å². The third kappa shape index (κ3) is 2.72. The molecule has 2 rings (SSSR count). The van der Waals surface area contributed by atoms with E-state index in [1.165, 1.54) is 12.8 Å². The van der Waals surface area contributed by atoms with Crippen LogP contribution in [0.2, 0.25) is 0 Å². The van der Waals surface area contributed by atoms with Gasteiger partial charge in [0, 0.05) is 18.7 Å². The fourth-order valence-electron chi connectivity index (χ4n) is 1.64. The number of hydrogen-bond donors (Lipinski definition) is 1. The summed E-state index contributed by atoms with van der Waals surface area (Å²) in [6.07, 6.45) is 3.52. The summed E-state index contributed by atoms with van der Waals surface area (Å²) in [6.45, 7) is 0.957. The van der Waals surface area contributed by atoms with Gasteiger partial charge in [-0.1, -0.05) is 0 Å². The molecule has 1 aliphatic rings. The van der Waals surface area contributed by atoms with Gasteiger partial charge in [-0.2, -0.15) is 0 Å². The fraction of sp³-hybridized carbons (Fsp3) is 0.417. The monoisotopic (exact) mass is 204 g/mol. The largest absolute Gasteiger partial charge is 0.497 e. The van der Waals surface area contributed by atoms with Crippen molar-refractivity contribution in [2.24, 2.45) is 4.99 Å². The number of aliphatic imine (C=N–C) groups is 1. The number of amidine groups is 1. The van der Waals surface area contributed by atoms with Crippen molar-refractivity contribution in [3.63, 3.8) is 0 Å². The molecule has 0 spiro atoms. The Bertz CT molecular complexity index is 343. The van der Waals surface area contributed by atoms with Crippen LogP contribution in [0.25, 0.3) is 0 Å². The van der Waals surface area contributed by atoms with E-state index < -0.39 is 0 Å². The Labute approximate surface area is 90.2 Å². The van der Waals surface area contributed by atoms with E-state index in [9.17, 15) is 0 Å². The van der Waals surface area contributed by atoms with Crippen molar-refractivity contribution in [2.75, 3.05) is 19.0 Å². The third-order valence-electron chi connectivity index (χ3n) is 2.50. The van der Waals surface area contributed by atoms with Crippen LogP contribution in [0.15, 0.2) is 29.3 Å². The van der Waals surface area contributed by atoms with Crippen molar-refractivity contribution in [3.8, 4) is 5.75 Å². The van der Waals surface area contributed by atoms with Crippen LogP contribution in [0.4, 0.5) is 5.69 Å². The highest BCUT2D eigenvalue weighted by molar-refractivity contribution is 5.95. The lowest BCUT2D eigenvalue weighted by molar-refractivity contribution is 0.415. The highest BCUT2D eigenvalue weighted by Crippen LogP contribution is 2.16. The van der Waals surface area contributed by atoms with Gasteiger partial charge >= 0.3 is 0 Å². The van der Waals surface area contributed by atoms with Crippen molar-refractivity contribution in [2.45, 2.75) is 19.3 Å². The SMILES string of the molecule is COc1ccc(NC2=NCCCC2)cc1. The van der Waals surface area contributed by atoms with Gasteiger partial charge < -0.3 is 10.1 Å². The number of hydrogen-bond acceptors (Lipinski definition) is 3. The van der Waals surface area contributed by atoms with Crippen molar-refractivity contribution in [1.29, 1.82) is 0 Å². The molecule has 0 amide bonds. The lowest BCUT2D eigenvalue weighted by Gasteiger charge is -2.14. The van der Waals surface area contributed by atoms with Crippen LogP contribution < -0.4 is 10.1 Å². The minimum atomic E-state index is 0.881. The van der Waals surface area contributed by atoms with Crippen LogP contribution in [-0.2, 0) is 0 Å². The molecule has 0 unspecified atom stereocenters. The van der Waals surface area contributed by atoms with Gasteiger partial charge in [0.25, 0.3) is 0 Å². The smallest absolute Gasteiger partial charge is 0.119 e. The van der Waals surface area contributed by atoms with E-state index in [-0.39, 0.29) is 0 Å². The first kappa shape index (κ1) is 10.0. The third-order valence-corrected chi connectivity index (χ3v) is 2.50. The Kier molecular flexibility index (Phi) is 3.22. The highest BCUT2D eigenvalue weighted by Gasteiger charge is 2.04. The molecular weight excluding hydrogens is 188 g/mol. The predicted octanol–water partition coefficient (Wildman–Crippen LogP) is 2.69. The van der Waals surface area contributed by atoms with Crippen LogP contribution >= 0.6 is 0 Å². The molecule has 0 radical (unpaired) electrons. The number of nitrogens with one attached hydrogen (secondary N) is 1. The zero-order valence-electron chi connectivity index (χ0n) is 8.99. The average Bonchev–Trinajstić information content (AvgIpc) is 2.31. The zero-order valence-corrected chi connectivity index (χ0v) is 8.99. The lowest BCUT2D eigenvalue weighted by atomic mass is 10.2. The molecule has 0 bridgehead atoms. The molecule has 15 heavy (non-hydrogen) atoms. The molecule has 1 aliphatic heterocycles. The number of benzene rings is 1. The summed E-state index contributed by atoms with van der Waals surface area (Å²) in [6, 6.07) is 7.92. The standard InChI is InChI=1S/C12H16N2O/c1-15-11-7-5-10(6-8-11)14-12-4-2-3-9-13-12/h5-8H,2-4,9H2,1H3,(H,13,14). The first-order chi connectivity index (χ1) is 7.38. The van der Waals surface area contributed by atoms with Crippen molar-refractivity contribution in [3.05, 3.63) is 24.3 Å². The number of anilines is 1. The Morgan fingerprint density at radius 2 is 2.00 bits per heavy atom. The van der Waals surface area contributed by atoms with Crippen LogP contribution in [0, 0.1) is 0 Å². The van der Waals surface area contributed by atoms with E-state index in [4.69, 9.17) is 4.74 Å². The minimum absolute atomic E-state index is 0.881. The van der Waals surface area contributed by atoms with Crippen LogP contribution in [0.5, 0.6) is 5.75 Å². The van der Waals surface area contributed by atoms with Gasteiger partial charge in [-0.15, -0.1) is 0 Å².